The smallest absolute Gasteiger partial charge is 0.198 e. The summed E-state index contributed by atoms with van der Waals surface area (Å²) in [6.45, 7) is 3.56. The van der Waals surface area contributed by atoms with Crippen molar-refractivity contribution in [3.63, 3.8) is 0 Å². The van der Waals surface area contributed by atoms with Crippen molar-refractivity contribution in [2.75, 3.05) is 0 Å². The largest absolute Gasteiger partial charge is 0.288 e. The van der Waals surface area contributed by atoms with Crippen molar-refractivity contribution in [2.45, 2.75) is 13.8 Å². The molecular formula is C18H14FNO. The molecule has 0 aliphatic rings. The highest BCUT2D eigenvalue weighted by atomic mass is 19.1. The van der Waals surface area contributed by atoms with Crippen LogP contribution in [0.15, 0.2) is 48.7 Å². The summed E-state index contributed by atoms with van der Waals surface area (Å²) in [6.07, 6.45) is 1.64. The zero-order valence-corrected chi connectivity index (χ0v) is 11.9. The van der Waals surface area contributed by atoms with Gasteiger partial charge in [-0.2, -0.15) is 0 Å². The van der Waals surface area contributed by atoms with Gasteiger partial charge in [0.1, 0.15) is 5.82 Å². The first kappa shape index (κ1) is 13.4. The van der Waals surface area contributed by atoms with Gasteiger partial charge in [-0.25, -0.2) is 4.39 Å². The number of aryl methyl sites for hydroxylation is 2. The van der Waals surface area contributed by atoms with Gasteiger partial charge in [0.15, 0.2) is 5.78 Å². The Morgan fingerprint density at radius 1 is 1.10 bits per heavy atom. The molecule has 2 aromatic carbocycles. The van der Waals surface area contributed by atoms with Crippen LogP contribution in [-0.2, 0) is 0 Å². The Hall–Kier alpha value is -2.55. The molecule has 0 unspecified atom stereocenters. The molecule has 3 aromatic rings. The van der Waals surface area contributed by atoms with Crippen LogP contribution in [-0.4, -0.2) is 10.8 Å². The number of hydrogen-bond donors (Lipinski definition) is 0. The molecule has 0 spiro atoms. The van der Waals surface area contributed by atoms with E-state index < -0.39 is 5.82 Å². The van der Waals surface area contributed by atoms with Crippen molar-refractivity contribution in [1.29, 1.82) is 0 Å². The van der Waals surface area contributed by atoms with E-state index in [9.17, 15) is 9.18 Å². The van der Waals surface area contributed by atoms with Gasteiger partial charge in [-0.3, -0.25) is 9.78 Å². The molecule has 0 aliphatic carbocycles. The predicted molar refractivity (Wildman–Crippen MR) is 81.0 cm³/mol. The van der Waals surface area contributed by atoms with Crippen LogP contribution in [0.2, 0.25) is 0 Å². The fourth-order valence-corrected chi connectivity index (χ4v) is 2.63. The Bertz CT molecular complexity index is 826. The molecule has 2 nitrogen and oxygen atoms in total. The number of ketones is 1. The Kier molecular flexibility index (Phi) is 3.26. The van der Waals surface area contributed by atoms with Crippen LogP contribution in [0.5, 0.6) is 0 Å². The molecule has 104 valence electrons. The summed E-state index contributed by atoms with van der Waals surface area (Å²) < 4.78 is 14.2. The number of benzene rings is 2. The lowest BCUT2D eigenvalue weighted by Gasteiger charge is -2.09. The van der Waals surface area contributed by atoms with Gasteiger partial charge in [-0.15, -0.1) is 0 Å². The van der Waals surface area contributed by atoms with Crippen LogP contribution in [0.25, 0.3) is 10.9 Å². The normalized spacial score (nSPS) is 10.8. The molecule has 21 heavy (non-hydrogen) atoms. The van der Waals surface area contributed by atoms with E-state index in [4.69, 9.17) is 0 Å². The summed E-state index contributed by atoms with van der Waals surface area (Å²) in [7, 11) is 0. The molecule has 3 rings (SSSR count). The van der Waals surface area contributed by atoms with Gasteiger partial charge in [0.25, 0.3) is 0 Å². The van der Waals surface area contributed by atoms with E-state index >= 15 is 0 Å². The van der Waals surface area contributed by atoms with Crippen molar-refractivity contribution >= 4 is 16.7 Å². The fraction of sp³-hybridized carbons (Fsp3) is 0.111. The summed E-state index contributed by atoms with van der Waals surface area (Å²) in [4.78, 5) is 17.0. The molecule has 3 heteroatoms. The van der Waals surface area contributed by atoms with Crippen molar-refractivity contribution < 1.29 is 9.18 Å². The van der Waals surface area contributed by atoms with Crippen LogP contribution in [0.4, 0.5) is 4.39 Å². The number of carbonyl (C=O) groups excluding carboxylic acids is 1. The standard InChI is InChI=1S/C18H14FNO/c1-11-9-12(2)16(15(19)10-11)18(21)14-7-3-5-13-6-4-8-20-17(13)14/h3-10H,1-2H3. The molecule has 0 saturated heterocycles. The second kappa shape index (κ2) is 5.09. The minimum Gasteiger partial charge on any atom is -0.288 e. The quantitative estimate of drug-likeness (QED) is 0.657. The second-order valence-electron chi connectivity index (χ2n) is 5.15. The maximum atomic E-state index is 14.2. The van der Waals surface area contributed by atoms with Crippen molar-refractivity contribution in [3.8, 4) is 0 Å². The molecule has 0 aliphatic heterocycles. The van der Waals surface area contributed by atoms with Crippen molar-refractivity contribution in [3.05, 3.63) is 76.7 Å². The van der Waals surface area contributed by atoms with Crippen LogP contribution in [0, 0.1) is 19.7 Å². The van der Waals surface area contributed by atoms with E-state index in [1.807, 2.05) is 31.2 Å². The van der Waals surface area contributed by atoms with Crippen LogP contribution in [0.1, 0.15) is 27.0 Å². The highest BCUT2D eigenvalue weighted by Gasteiger charge is 2.19. The number of nitrogens with zero attached hydrogens (tertiary/aromatic N) is 1. The summed E-state index contributed by atoms with van der Waals surface area (Å²) in [5.74, 6) is -0.806. The number of carbonyl (C=O) groups is 1. The molecule has 1 aromatic heterocycles. The molecule has 0 amide bonds. The maximum absolute atomic E-state index is 14.2. The number of hydrogen-bond acceptors (Lipinski definition) is 2. The van der Waals surface area contributed by atoms with E-state index in [1.54, 1.807) is 25.3 Å². The van der Waals surface area contributed by atoms with Crippen LogP contribution < -0.4 is 0 Å². The van der Waals surface area contributed by atoms with Gasteiger partial charge >= 0.3 is 0 Å². The maximum Gasteiger partial charge on any atom is 0.198 e. The highest BCUT2D eigenvalue weighted by Crippen LogP contribution is 2.23. The van der Waals surface area contributed by atoms with Gasteiger partial charge in [0.05, 0.1) is 11.1 Å². The SMILES string of the molecule is Cc1cc(C)c(C(=O)c2cccc3cccnc23)c(F)c1. The Morgan fingerprint density at radius 3 is 2.62 bits per heavy atom. The zero-order valence-electron chi connectivity index (χ0n) is 11.9. The summed E-state index contributed by atoms with van der Waals surface area (Å²) in [5, 5.41) is 0.869. The van der Waals surface area contributed by atoms with Crippen molar-refractivity contribution in [1.82, 2.24) is 4.98 Å². The second-order valence-corrected chi connectivity index (χ2v) is 5.15. The van der Waals surface area contributed by atoms with E-state index in [-0.39, 0.29) is 11.3 Å². The number of rotatable bonds is 2. The Morgan fingerprint density at radius 2 is 1.86 bits per heavy atom. The molecule has 0 atom stereocenters. The molecule has 0 fully saturated rings. The average molecular weight is 279 g/mol. The third kappa shape index (κ3) is 2.31. The predicted octanol–water partition coefficient (Wildman–Crippen LogP) is 4.22. The number of pyridine rings is 1. The topological polar surface area (TPSA) is 30.0 Å². The summed E-state index contributed by atoms with van der Waals surface area (Å²) in [6, 6.07) is 12.3. The monoisotopic (exact) mass is 279 g/mol. The van der Waals surface area contributed by atoms with E-state index in [2.05, 4.69) is 4.98 Å². The van der Waals surface area contributed by atoms with Gasteiger partial charge < -0.3 is 0 Å². The third-order valence-electron chi connectivity index (χ3n) is 3.54. The average Bonchev–Trinajstić information content (AvgIpc) is 2.45. The number of fused-ring (bicyclic) bond motifs is 1. The van der Waals surface area contributed by atoms with Crippen LogP contribution >= 0.6 is 0 Å². The lowest BCUT2D eigenvalue weighted by Crippen LogP contribution is -2.08. The number of halogens is 1. The number of aromatic nitrogens is 1. The fourth-order valence-electron chi connectivity index (χ4n) is 2.63. The molecule has 0 radical (unpaired) electrons. The molecular weight excluding hydrogens is 265 g/mol. The molecule has 0 N–H and O–H groups in total. The summed E-state index contributed by atoms with van der Waals surface area (Å²) >= 11 is 0. The zero-order chi connectivity index (χ0) is 15.0. The minimum absolute atomic E-state index is 0.124. The van der Waals surface area contributed by atoms with Crippen molar-refractivity contribution in [2.24, 2.45) is 0 Å². The van der Waals surface area contributed by atoms with Gasteiger partial charge in [0, 0.05) is 17.1 Å². The first-order valence-corrected chi connectivity index (χ1v) is 6.73. The lowest BCUT2D eigenvalue weighted by molar-refractivity contribution is 0.103. The molecule has 0 saturated carbocycles. The first-order valence-electron chi connectivity index (χ1n) is 6.73. The van der Waals surface area contributed by atoms with Gasteiger partial charge in [0.2, 0.25) is 0 Å². The molecule has 0 bridgehead atoms. The molecule has 1 heterocycles. The van der Waals surface area contributed by atoms with Crippen LogP contribution in [0.3, 0.4) is 0 Å². The Labute approximate surface area is 122 Å². The van der Waals surface area contributed by atoms with Gasteiger partial charge in [-0.1, -0.05) is 24.3 Å². The first-order chi connectivity index (χ1) is 10.1. The Balaban J connectivity index is 2.22. The van der Waals surface area contributed by atoms with Gasteiger partial charge in [-0.05, 0) is 43.2 Å². The van der Waals surface area contributed by atoms with E-state index in [1.165, 1.54) is 6.07 Å². The lowest BCUT2D eigenvalue weighted by atomic mass is 9.95. The summed E-state index contributed by atoms with van der Waals surface area (Å²) in [5.41, 5.74) is 2.60. The third-order valence-corrected chi connectivity index (χ3v) is 3.54. The number of para-hydroxylation sites is 1. The van der Waals surface area contributed by atoms with E-state index in [0.717, 1.165) is 10.9 Å². The van der Waals surface area contributed by atoms with E-state index in [0.29, 0.717) is 16.6 Å². The minimum atomic E-state index is -0.481. The highest BCUT2D eigenvalue weighted by molar-refractivity contribution is 6.16.